The molecule has 0 spiro atoms. The highest BCUT2D eigenvalue weighted by Gasteiger charge is 2.30. The Bertz CT molecular complexity index is 581. The van der Waals surface area contributed by atoms with Gasteiger partial charge in [-0.2, -0.15) is 0 Å². The zero-order valence-corrected chi connectivity index (χ0v) is 10.1. The van der Waals surface area contributed by atoms with Crippen molar-refractivity contribution >= 4 is 15.8 Å². The number of halogens is 1. The molecule has 0 radical (unpaired) electrons. The summed E-state index contributed by atoms with van der Waals surface area (Å²) in [6, 6.07) is 3.26. The van der Waals surface area contributed by atoms with E-state index in [0.29, 0.717) is 6.42 Å². The maximum atomic E-state index is 13.5. The monoisotopic (exact) mass is 274 g/mol. The van der Waals surface area contributed by atoms with Crippen LogP contribution in [-0.2, 0) is 9.84 Å². The van der Waals surface area contributed by atoms with E-state index in [1.54, 1.807) is 0 Å². The number of hydrogen-bond acceptors (Lipinski definition) is 4. The van der Waals surface area contributed by atoms with Crippen LogP contribution in [0.5, 0.6) is 5.75 Å². The number of sulfone groups is 1. The van der Waals surface area contributed by atoms with E-state index in [1.807, 2.05) is 0 Å². The first-order valence-corrected chi connectivity index (χ1v) is 7.09. The van der Waals surface area contributed by atoms with E-state index in [9.17, 15) is 17.6 Å². The quantitative estimate of drug-likeness (QED) is 0.892. The highest BCUT2D eigenvalue weighted by molar-refractivity contribution is 7.91. The first-order chi connectivity index (χ1) is 8.37. The SMILES string of the molecule is O=C(O)c1ccc(OC2CCS(=O)(=O)C2)c(F)c1. The number of carboxylic acid groups (broad SMARTS) is 1. The van der Waals surface area contributed by atoms with E-state index in [2.05, 4.69) is 0 Å². The van der Waals surface area contributed by atoms with Crippen LogP contribution >= 0.6 is 0 Å². The summed E-state index contributed by atoms with van der Waals surface area (Å²) in [7, 11) is -3.09. The smallest absolute Gasteiger partial charge is 0.335 e. The molecule has 0 saturated carbocycles. The van der Waals surface area contributed by atoms with E-state index in [-0.39, 0.29) is 22.8 Å². The highest BCUT2D eigenvalue weighted by atomic mass is 32.2. The van der Waals surface area contributed by atoms with Crippen molar-refractivity contribution in [1.82, 2.24) is 0 Å². The van der Waals surface area contributed by atoms with Crippen LogP contribution < -0.4 is 4.74 Å². The number of carbonyl (C=O) groups is 1. The first kappa shape index (κ1) is 12.8. The topological polar surface area (TPSA) is 80.7 Å². The van der Waals surface area contributed by atoms with E-state index in [4.69, 9.17) is 9.84 Å². The van der Waals surface area contributed by atoms with E-state index in [0.717, 1.165) is 6.07 Å². The van der Waals surface area contributed by atoms with Crippen molar-refractivity contribution in [3.05, 3.63) is 29.6 Å². The molecule has 1 unspecified atom stereocenters. The number of ether oxygens (including phenoxy) is 1. The van der Waals surface area contributed by atoms with Crippen LogP contribution in [0.3, 0.4) is 0 Å². The fourth-order valence-corrected chi connectivity index (χ4v) is 3.35. The van der Waals surface area contributed by atoms with Gasteiger partial charge in [-0.3, -0.25) is 0 Å². The third-order valence-corrected chi connectivity index (χ3v) is 4.40. The first-order valence-electron chi connectivity index (χ1n) is 5.27. The van der Waals surface area contributed by atoms with Gasteiger partial charge in [-0.25, -0.2) is 17.6 Å². The van der Waals surface area contributed by atoms with Gasteiger partial charge < -0.3 is 9.84 Å². The molecule has 5 nitrogen and oxygen atoms in total. The zero-order chi connectivity index (χ0) is 13.3. The number of aromatic carboxylic acids is 1. The minimum atomic E-state index is -3.09. The van der Waals surface area contributed by atoms with Crippen molar-refractivity contribution in [2.24, 2.45) is 0 Å². The predicted octanol–water partition coefficient (Wildman–Crippen LogP) is 1.09. The molecule has 0 bridgehead atoms. The Hall–Kier alpha value is -1.63. The van der Waals surface area contributed by atoms with Crippen LogP contribution in [0.2, 0.25) is 0 Å². The van der Waals surface area contributed by atoms with Crippen LogP contribution in [0.25, 0.3) is 0 Å². The van der Waals surface area contributed by atoms with E-state index in [1.165, 1.54) is 12.1 Å². The van der Waals surface area contributed by atoms with E-state index < -0.39 is 27.7 Å². The maximum Gasteiger partial charge on any atom is 0.335 e. The minimum Gasteiger partial charge on any atom is -0.486 e. The molecule has 1 aliphatic rings. The molecule has 2 rings (SSSR count). The normalized spacial score (nSPS) is 21.7. The molecule has 98 valence electrons. The third kappa shape index (κ3) is 2.79. The lowest BCUT2D eigenvalue weighted by molar-refractivity contribution is 0.0696. The van der Waals surface area contributed by atoms with Crippen LogP contribution in [0.15, 0.2) is 18.2 Å². The molecule has 0 amide bonds. The Kier molecular flexibility index (Phi) is 3.25. The third-order valence-electron chi connectivity index (χ3n) is 2.66. The van der Waals surface area contributed by atoms with Crippen molar-refractivity contribution in [2.75, 3.05) is 11.5 Å². The molecule has 1 N–H and O–H groups in total. The summed E-state index contributed by atoms with van der Waals surface area (Å²) < 4.78 is 41.2. The van der Waals surface area contributed by atoms with Crippen LogP contribution in [0.1, 0.15) is 16.8 Å². The second-order valence-electron chi connectivity index (χ2n) is 4.09. The average Bonchev–Trinajstić information content (AvgIpc) is 2.61. The maximum absolute atomic E-state index is 13.5. The lowest BCUT2D eigenvalue weighted by Crippen LogP contribution is -2.18. The van der Waals surface area contributed by atoms with Gasteiger partial charge in [-0.15, -0.1) is 0 Å². The Labute approximate surface area is 103 Å². The number of benzene rings is 1. The van der Waals surface area contributed by atoms with Gasteiger partial charge >= 0.3 is 5.97 Å². The fraction of sp³-hybridized carbons (Fsp3) is 0.364. The molecule has 1 aromatic rings. The lowest BCUT2D eigenvalue weighted by atomic mass is 10.2. The van der Waals surface area contributed by atoms with Gasteiger partial charge in [-0.1, -0.05) is 0 Å². The Morgan fingerprint density at radius 1 is 1.44 bits per heavy atom. The van der Waals surface area contributed by atoms with Crippen LogP contribution in [0.4, 0.5) is 4.39 Å². The number of hydrogen-bond donors (Lipinski definition) is 1. The molecule has 1 heterocycles. The van der Waals surface area contributed by atoms with Crippen molar-refractivity contribution in [1.29, 1.82) is 0 Å². The summed E-state index contributed by atoms with van der Waals surface area (Å²) in [5.74, 6) is -2.26. The van der Waals surface area contributed by atoms with Crippen molar-refractivity contribution in [2.45, 2.75) is 12.5 Å². The Morgan fingerprint density at radius 3 is 2.67 bits per heavy atom. The van der Waals surface area contributed by atoms with E-state index >= 15 is 0 Å². The van der Waals surface area contributed by atoms with Crippen molar-refractivity contribution in [3.63, 3.8) is 0 Å². The molecular weight excluding hydrogens is 263 g/mol. The molecular formula is C11H11FO5S. The van der Waals surface area contributed by atoms with Crippen LogP contribution in [-0.4, -0.2) is 37.1 Å². The van der Waals surface area contributed by atoms with Gasteiger partial charge in [0.1, 0.15) is 6.10 Å². The number of carboxylic acids is 1. The fourth-order valence-electron chi connectivity index (χ4n) is 1.76. The van der Waals surface area contributed by atoms with Crippen molar-refractivity contribution < 1.29 is 27.4 Å². The number of rotatable bonds is 3. The lowest BCUT2D eigenvalue weighted by Gasteiger charge is -2.12. The molecule has 1 aliphatic heterocycles. The molecule has 18 heavy (non-hydrogen) atoms. The van der Waals surface area contributed by atoms with Gasteiger partial charge in [0.2, 0.25) is 0 Å². The van der Waals surface area contributed by atoms with Gasteiger partial charge in [0.25, 0.3) is 0 Å². The van der Waals surface area contributed by atoms with Crippen molar-refractivity contribution in [3.8, 4) is 5.75 Å². The minimum absolute atomic E-state index is 0.0342. The largest absolute Gasteiger partial charge is 0.486 e. The van der Waals surface area contributed by atoms with Gasteiger partial charge in [0.05, 0.1) is 17.1 Å². The predicted molar refractivity (Wildman–Crippen MR) is 61.0 cm³/mol. The van der Waals surface area contributed by atoms with Gasteiger partial charge in [0.15, 0.2) is 21.4 Å². The second kappa shape index (κ2) is 4.56. The molecule has 1 atom stereocenters. The molecule has 1 aromatic carbocycles. The van der Waals surface area contributed by atoms with Gasteiger partial charge in [0, 0.05) is 0 Å². The highest BCUT2D eigenvalue weighted by Crippen LogP contribution is 2.23. The molecule has 0 aliphatic carbocycles. The molecule has 0 aromatic heterocycles. The zero-order valence-electron chi connectivity index (χ0n) is 9.30. The van der Waals surface area contributed by atoms with Crippen LogP contribution in [0, 0.1) is 5.82 Å². The summed E-state index contributed by atoms with van der Waals surface area (Å²) in [6.07, 6.45) is -0.247. The molecule has 1 saturated heterocycles. The molecule has 7 heteroatoms. The average molecular weight is 274 g/mol. The second-order valence-corrected chi connectivity index (χ2v) is 6.32. The summed E-state index contributed by atoms with van der Waals surface area (Å²) in [5, 5.41) is 8.67. The Morgan fingerprint density at radius 2 is 2.17 bits per heavy atom. The Balaban J connectivity index is 2.13. The summed E-state index contributed by atoms with van der Waals surface area (Å²) in [5.41, 5.74) is -0.182. The summed E-state index contributed by atoms with van der Waals surface area (Å²) >= 11 is 0. The summed E-state index contributed by atoms with van der Waals surface area (Å²) in [6.45, 7) is 0. The standard InChI is InChI=1S/C11H11FO5S/c12-9-5-7(11(13)14)1-2-10(9)17-8-3-4-18(15,16)6-8/h1-2,5,8H,3-4,6H2,(H,13,14). The molecule has 1 fully saturated rings. The summed E-state index contributed by atoms with van der Waals surface area (Å²) in [4.78, 5) is 10.6. The van der Waals surface area contributed by atoms with Gasteiger partial charge in [-0.05, 0) is 24.6 Å².